The second-order valence-corrected chi connectivity index (χ2v) is 5.85. The number of benzene rings is 2. The molecule has 0 aromatic heterocycles. The molecule has 0 aliphatic carbocycles. The molecular formula is C17H13BrN2O4. The van der Waals surface area contributed by atoms with E-state index in [1.807, 2.05) is 0 Å². The van der Waals surface area contributed by atoms with E-state index in [-0.39, 0.29) is 11.5 Å². The number of fused-ring (bicyclic) bond motifs is 1. The molecule has 3 rings (SSSR count). The van der Waals surface area contributed by atoms with Gasteiger partial charge in [-0.2, -0.15) is 10.1 Å². The van der Waals surface area contributed by atoms with E-state index in [0.717, 1.165) is 5.01 Å². The predicted octanol–water partition coefficient (Wildman–Crippen LogP) is 3.18. The zero-order valence-electron chi connectivity index (χ0n) is 12.7. The van der Waals surface area contributed by atoms with Crippen LogP contribution < -0.4 is 4.74 Å². The van der Waals surface area contributed by atoms with Crippen molar-refractivity contribution in [1.29, 1.82) is 0 Å². The van der Waals surface area contributed by atoms with Crippen LogP contribution in [0, 0.1) is 0 Å². The van der Waals surface area contributed by atoms with E-state index in [1.165, 1.54) is 6.21 Å². The molecule has 0 fully saturated rings. The molecule has 1 heterocycles. The van der Waals surface area contributed by atoms with Crippen molar-refractivity contribution < 1.29 is 19.4 Å². The maximum atomic E-state index is 12.2. The Hall–Kier alpha value is -2.67. The Labute approximate surface area is 146 Å². The number of ether oxygens (including phenoxy) is 1. The van der Waals surface area contributed by atoms with Crippen molar-refractivity contribution in [2.45, 2.75) is 6.92 Å². The van der Waals surface area contributed by atoms with Crippen LogP contribution in [0.15, 0.2) is 46.0 Å². The van der Waals surface area contributed by atoms with Crippen LogP contribution in [0.5, 0.6) is 11.5 Å². The number of phenols is 1. The number of hydrogen-bond donors (Lipinski definition) is 1. The summed E-state index contributed by atoms with van der Waals surface area (Å²) in [5, 5.41) is 14.7. The number of rotatable bonds is 4. The topological polar surface area (TPSA) is 79.2 Å². The number of hydrazone groups is 1. The number of halogens is 1. The highest BCUT2D eigenvalue weighted by Gasteiger charge is 2.35. The van der Waals surface area contributed by atoms with Gasteiger partial charge in [0.15, 0.2) is 11.5 Å². The van der Waals surface area contributed by atoms with Gasteiger partial charge < -0.3 is 9.84 Å². The molecule has 122 valence electrons. The lowest BCUT2D eigenvalue weighted by Crippen LogP contribution is -2.24. The molecule has 0 spiro atoms. The average Bonchev–Trinajstić information content (AvgIpc) is 2.82. The smallest absolute Gasteiger partial charge is 0.282 e. The molecule has 2 aromatic rings. The van der Waals surface area contributed by atoms with Crippen molar-refractivity contribution in [3.63, 3.8) is 0 Å². The fourth-order valence-corrected chi connectivity index (χ4v) is 2.80. The summed E-state index contributed by atoms with van der Waals surface area (Å²) in [5.74, 6) is -0.658. The molecule has 0 bridgehead atoms. The van der Waals surface area contributed by atoms with E-state index in [9.17, 15) is 14.7 Å². The quantitative estimate of drug-likeness (QED) is 0.644. The third-order valence-corrected chi connectivity index (χ3v) is 4.05. The number of aromatic hydroxyl groups is 1. The molecule has 0 saturated carbocycles. The minimum atomic E-state index is -0.463. The van der Waals surface area contributed by atoms with Crippen molar-refractivity contribution in [2.24, 2.45) is 5.10 Å². The van der Waals surface area contributed by atoms with E-state index >= 15 is 0 Å². The molecule has 2 aromatic carbocycles. The fraction of sp³-hybridized carbons (Fsp3) is 0.118. The summed E-state index contributed by atoms with van der Waals surface area (Å²) < 4.78 is 5.76. The van der Waals surface area contributed by atoms with Crippen molar-refractivity contribution in [3.05, 3.63) is 57.6 Å². The van der Waals surface area contributed by atoms with E-state index in [1.54, 1.807) is 43.3 Å². The Morgan fingerprint density at radius 3 is 2.42 bits per heavy atom. The van der Waals surface area contributed by atoms with Crippen LogP contribution in [0.25, 0.3) is 0 Å². The summed E-state index contributed by atoms with van der Waals surface area (Å²) in [6.45, 7) is 2.19. The summed E-state index contributed by atoms with van der Waals surface area (Å²) in [5.41, 5.74) is 1.24. The molecule has 1 aliphatic heterocycles. The first kappa shape index (κ1) is 16.2. The number of imide groups is 1. The van der Waals surface area contributed by atoms with Crippen molar-refractivity contribution in [1.82, 2.24) is 5.01 Å². The van der Waals surface area contributed by atoms with Crippen LogP contribution in [-0.4, -0.2) is 34.8 Å². The van der Waals surface area contributed by atoms with Gasteiger partial charge in [0, 0.05) is 0 Å². The standard InChI is InChI=1S/C17H13BrN2O4/c1-2-24-14-8-10(7-13(18)15(14)21)9-19-20-16(22)11-5-3-4-6-12(11)17(20)23/h3-9,21H,2H2,1H3/b19-9+. The Morgan fingerprint density at radius 2 is 1.83 bits per heavy atom. The minimum Gasteiger partial charge on any atom is -0.503 e. The number of hydrogen-bond acceptors (Lipinski definition) is 5. The SMILES string of the molecule is CCOc1cc(/C=N/N2C(=O)c3ccccc3C2=O)cc(Br)c1O. The molecule has 6 nitrogen and oxygen atoms in total. The maximum Gasteiger partial charge on any atom is 0.282 e. The summed E-state index contributed by atoms with van der Waals surface area (Å²) in [4.78, 5) is 24.5. The van der Waals surface area contributed by atoms with Crippen LogP contribution in [0.3, 0.4) is 0 Å². The fourth-order valence-electron chi connectivity index (χ4n) is 2.34. The van der Waals surface area contributed by atoms with Crippen molar-refractivity contribution in [2.75, 3.05) is 6.61 Å². The largest absolute Gasteiger partial charge is 0.503 e. The van der Waals surface area contributed by atoms with Crippen LogP contribution in [0.4, 0.5) is 0 Å². The molecule has 0 radical (unpaired) electrons. The number of nitrogens with zero attached hydrogens (tertiary/aromatic N) is 2. The monoisotopic (exact) mass is 388 g/mol. The summed E-state index contributed by atoms with van der Waals surface area (Å²) in [7, 11) is 0. The molecule has 2 amide bonds. The maximum absolute atomic E-state index is 12.2. The zero-order valence-corrected chi connectivity index (χ0v) is 14.3. The van der Waals surface area contributed by atoms with E-state index < -0.39 is 11.8 Å². The van der Waals surface area contributed by atoms with Gasteiger partial charge in [-0.25, -0.2) is 0 Å². The van der Waals surface area contributed by atoms with E-state index in [0.29, 0.717) is 27.8 Å². The zero-order chi connectivity index (χ0) is 17.3. The molecule has 0 unspecified atom stereocenters. The highest BCUT2D eigenvalue weighted by molar-refractivity contribution is 9.10. The molecule has 7 heteroatoms. The Kier molecular flexibility index (Phi) is 4.35. The minimum absolute atomic E-state index is 0.0188. The predicted molar refractivity (Wildman–Crippen MR) is 91.5 cm³/mol. The first-order valence-electron chi connectivity index (χ1n) is 7.20. The van der Waals surface area contributed by atoms with Crippen LogP contribution in [0.1, 0.15) is 33.2 Å². The first-order chi connectivity index (χ1) is 11.5. The Balaban J connectivity index is 1.90. The number of amides is 2. The summed E-state index contributed by atoms with van der Waals surface area (Å²) in [6.07, 6.45) is 1.37. The van der Waals surface area contributed by atoms with Crippen LogP contribution >= 0.6 is 15.9 Å². The molecular weight excluding hydrogens is 376 g/mol. The van der Waals surface area contributed by atoms with Gasteiger partial charge in [0.05, 0.1) is 28.4 Å². The highest BCUT2D eigenvalue weighted by atomic mass is 79.9. The molecule has 1 aliphatic rings. The third kappa shape index (κ3) is 2.78. The van der Waals surface area contributed by atoms with Crippen molar-refractivity contribution >= 4 is 34.0 Å². The third-order valence-electron chi connectivity index (χ3n) is 3.45. The van der Waals surface area contributed by atoms with Gasteiger partial charge in [0.1, 0.15) is 0 Å². The van der Waals surface area contributed by atoms with Gasteiger partial charge >= 0.3 is 0 Å². The summed E-state index contributed by atoms with van der Waals surface area (Å²) >= 11 is 3.23. The second kappa shape index (κ2) is 6.45. The summed E-state index contributed by atoms with van der Waals surface area (Å²) in [6, 6.07) is 9.76. The van der Waals surface area contributed by atoms with Gasteiger partial charge in [0.2, 0.25) is 0 Å². The van der Waals surface area contributed by atoms with Gasteiger partial charge in [-0.1, -0.05) is 12.1 Å². The molecule has 0 atom stereocenters. The normalized spacial score (nSPS) is 13.7. The number of carbonyl (C=O) groups is 2. The van der Waals surface area contributed by atoms with Gasteiger partial charge in [-0.15, -0.1) is 0 Å². The Morgan fingerprint density at radius 1 is 1.21 bits per heavy atom. The number of carbonyl (C=O) groups excluding carboxylic acids is 2. The van der Waals surface area contributed by atoms with Gasteiger partial charge in [-0.05, 0) is 52.7 Å². The lowest BCUT2D eigenvalue weighted by Gasteiger charge is -2.09. The number of phenolic OH excluding ortho intramolecular Hbond substituents is 1. The lowest BCUT2D eigenvalue weighted by molar-refractivity contribution is 0.0660. The first-order valence-corrected chi connectivity index (χ1v) is 7.99. The van der Waals surface area contributed by atoms with Gasteiger partial charge in [-0.3, -0.25) is 9.59 Å². The Bertz CT molecular complexity index is 829. The second-order valence-electron chi connectivity index (χ2n) is 4.99. The van der Waals surface area contributed by atoms with Gasteiger partial charge in [0.25, 0.3) is 11.8 Å². The lowest BCUT2D eigenvalue weighted by atomic mass is 10.1. The highest BCUT2D eigenvalue weighted by Crippen LogP contribution is 2.35. The van der Waals surface area contributed by atoms with E-state index in [4.69, 9.17) is 4.74 Å². The molecule has 24 heavy (non-hydrogen) atoms. The van der Waals surface area contributed by atoms with Crippen LogP contribution in [-0.2, 0) is 0 Å². The molecule has 1 N–H and O–H groups in total. The van der Waals surface area contributed by atoms with Crippen molar-refractivity contribution in [3.8, 4) is 11.5 Å². The van der Waals surface area contributed by atoms with Crippen LogP contribution in [0.2, 0.25) is 0 Å². The van der Waals surface area contributed by atoms with E-state index in [2.05, 4.69) is 21.0 Å². The average molecular weight is 389 g/mol. The molecule has 0 saturated heterocycles.